The molecule has 1 aromatic heterocycles. The van der Waals surface area contributed by atoms with Gasteiger partial charge in [0.15, 0.2) is 0 Å². The number of halogens is 2. The predicted molar refractivity (Wildman–Crippen MR) is 58.2 cm³/mol. The van der Waals surface area contributed by atoms with Crippen molar-refractivity contribution in [2.45, 2.75) is 19.1 Å². The van der Waals surface area contributed by atoms with E-state index in [9.17, 15) is 13.6 Å². The van der Waals surface area contributed by atoms with E-state index in [1.54, 1.807) is 4.90 Å². The van der Waals surface area contributed by atoms with Crippen molar-refractivity contribution >= 4 is 5.97 Å². The number of aliphatic carboxylic acids is 1. The highest BCUT2D eigenvalue weighted by atomic mass is 19.3. The van der Waals surface area contributed by atoms with E-state index in [0.717, 1.165) is 4.57 Å². The summed E-state index contributed by atoms with van der Waals surface area (Å²) in [6.07, 6.45) is 2.48. The van der Waals surface area contributed by atoms with Gasteiger partial charge in [-0.2, -0.15) is 8.78 Å². The molecule has 18 heavy (non-hydrogen) atoms. The highest BCUT2D eigenvalue weighted by molar-refractivity contribution is 5.73. The van der Waals surface area contributed by atoms with Crippen LogP contribution >= 0.6 is 0 Å². The third kappa shape index (κ3) is 2.65. The Kier molecular flexibility index (Phi) is 3.87. The fourth-order valence-electron chi connectivity index (χ4n) is 2.00. The Morgan fingerprint density at radius 1 is 1.67 bits per heavy atom. The normalized spacial score (nSPS) is 21.4. The minimum absolute atomic E-state index is 0.107. The van der Waals surface area contributed by atoms with E-state index in [1.165, 1.54) is 12.4 Å². The summed E-state index contributed by atoms with van der Waals surface area (Å²) in [6, 6.07) is -0.707. The number of aromatic nitrogens is 2. The highest BCUT2D eigenvalue weighted by Gasteiger charge is 2.29. The Hall–Kier alpha value is -1.54. The fraction of sp³-hybridized carbons (Fsp3) is 0.600. The Morgan fingerprint density at radius 3 is 3.11 bits per heavy atom. The monoisotopic (exact) mass is 260 g/mol. The Morgan fingerprint density at radius 2 is 2.44 bits per heavy atom. The maximum Gasteiger partial charge on any atom is 0.322 e. The van der Waals surface area contributed by atoms with Gasteiger partial charge in [0, 0.05) is 32.0 Å². The molecule has 2 N–H and O–H groups in total. The molecule has 0 radical (unpaired) electrons. The average molecular weight is 260 g/mol. The standard InChI is InChI=1S/C10H14F2N4O2/c11-10(12)16-4-2-14-8(16)6-15-3-1-13-5-7(15)9(17)18/h2,4,7,10,13H,1,3,5-6H2,(H,17,18). The van der Waals surface area contributed by atoms with Crippen LogP contribution in [0.25, 0.3) is 0 Å². The molecule has 6 nitrogen and oxygen atoms in total. The number of alkyl halides is 2. The van der Waals surface area contributed by atoms with Gasteiger partial charge in [-0.25, -0.2) is 4.98 Å². The lowest BCUT2D eigenvalue weighted by Crippen LogP contribution is -2.54. The van der Waals surface area contributed by atoms with Crippen LogP contribution in [0.4, 0.5) is 8.78 Å². The average Bonchev–Trinajstić information content (AvgIpc) is 2.77. The summed E-state index contributed by atoms with van der Waals surface area (Å²) in [5.41, 5.74) is 0. The number of nitrogens with zero attached hydrogens (tertiary/aromatic N) is 3. The van der Waals surface area contributed by atoms with Crippen LogP contribution in [0, 0.1) is 0 Å². The molecule has 1 atom stereocenters. The lowest BCUT2D eigenvalue weighted by Gasteiger charge is -2.33. The Labute approximate surface area is 102 Å². The van der Waals surface area contributed by atoms with Gasteiger partial charge in [-0.1, -0.05) is 0 Å². The third-order valence-electron chi connectivity index (χ3n) is 2.94. The van der Waals surface area contributed by atoms with Gasteiger partial charge in [-0.05, 0) is 0 Å². The second kappa shape index (κ2) is 5.40. The number of hydrogen-bond donors (Lipinski definition) is 2. The van der Waals surface area contributed by atoms with Crippen LogP contribution in [0.15, 0.2) is 12.4 Å². The molecule has 8 heteroatoms. The first-order chi connectivity index (χ1) is 8.59. The number of imidazole rings is 1. The highest BCUT2D eigenvalue weighted by Crippen LogP contribution is 2.15. The van der Waals surface area contributed by atoms with Crippen molar-refractivity contribution in [3.63, 3.8) is 0 Å². The van der Waals surface area contributed by atoms with E-state index in [1.807, 2.05) is 0 Å². The second-order valence-electron chi connectivity index (χ2n) is 4.06. The van der Waals surface area contributed by atoms with E-state index in [-0.39, 0.29) is 12.4 Å². The van der Waals surface area contributed by atoms with Gasteiger partial charge >= 0.3 is 12.5 Å². The lowest BCUT2D eigenvalue weighted by atomic mass is 10.2. The van der Waals surface area contributed by atoms with Crippen molar-refractivity contribution in [3.8, 4) is 0 Å². The zero-order valence-electron chi connectivity index (χ0n) is 9.59. The fourth-order valence-corrected chi connectivity index (χ4v) is 2.00. The van der Waals surface area contributed by atoms with Crippen molar-refractivity contribution in [3.05, 3.63) is 18.2 Å². The molecule has 2 rings (SSSR count). The summed E-state index contributed by atoms with van der Waals surface area (Å²) in [6.45, 7) is -1.11. The lowest BCUT2D eigenvalue weighted by molar-refractivity contribution is -0.144. The number of carboxylic acid groups (broad SMARTS) is 1. The molecule has 1 saturated heterocycles. The quantitative estimate of drug-likeness (QED) is 0.805. The van der Waals surface area contributed by atoms with Crippen LogP contribution in [-0.2, 0) is 11.3 Å². The number of piperazine rings is 1. The van der Waals surface area contributed by atoms with Gasteiger partial charge in [-0.15, -0.1) is 0 Å². The molecule has 1 aliphatic rings. The number of carboxylic acids is 1. The number of carbonyl (C=O) groups is 1. The summed E-state index contributed by atoms with van der Waals surface area (Å²) < 4.78 is 26.0. The molecule has 1 aromatic rings. The third-order valence-corrected chi connectivity index (χ3v) is 2.94. The maximum atomic E-state index is 12.6. The number of rotatable bonds is 4. The zero-order chi connectivity index (χ0) is 13.1. The molecule has 100 valence electrons. The number of nitrogens with one attached hydrogen (secondary N) is 1. The summed E-state index contributed by atoms with van der Waals surface area (Å²) in [7, 11) is 0. The second-order valence-corrected chi connectivity index (χ2v) is 4.06. The molecular formula is C10H14F2N4O2. The van der Waals surface area contributed by atoms with Crippen molar-refractivity contribution in [2.24, 2.45) is 0 Å². The van der Waals surface area contributed by atoms with Gasteiger partial charge in [0.1, 0.15) is 11.9 Å². The minimum Gasteiger partial charge on any atom is -0.480 e. The van der Waals surface area contributed by atoms with Gasteiger partial charge in [0.05, 0.1) is 6.54 Å². The molecule has 1 unspecified atom stereocenters. The van der Waals surface area contributed by atoms with Crippen LogP contribution in [0.1, 0.15) is 12.4 Å². The van der Waals surface area contributed by atoms with Crippen molar-refractivity contribution < 1.29 is 18.7 Å². The smallest absolute Gasteiger partial charge is 0.322 e. The Bertz CT molecular complexity index is 424. The van der Waals surface area contributed by atoms with E-state index in [0.29, 0.717) is 19.6 Å². The van der Waals surface area contributed by atoms with E-state index in [2.05, 4.69) is 10.3 Å². The summed E-state index contributed by atoms with van der Waals surface area (Å²) in [5, 5.41) is 12.0. The van der Waals surface area contributed by atoms with Gasteiger partial charge in [-0.3, -0.25) is 14.3 Å². The van der Waals surface area contributed by atoms with E-state index < -0.39 is 18.6 Å². The predicted octanol–water partition coefficient (Wildman–Crippen LogP) is 0.137. The van der Waals surface area contributed by atoms with Crippen LogP contribution in [0.5, 0.6) is 0 Å². The largest absolute Gasteiger partial charge is 0.480 e. The summed E-state index contributed by atoms with van der Waals surface area (Å²) in [5.74, 6) is -0.782. The van der Waals surface area contributed by atoms with E-state index in [4.69, 9.17) is 5.11 Å². The van der Waals surface area contributed by atoms with Gasteiger partial charge in [0.25, 0.3) is 0 Å². The summed E-state index contributed by atoms with van der Waals surface area (Å²) >= 11 is 0. The topological polar surface area (TPSA) is 70.4 Å². The van der Waals surface area contributed by atoms with Gasteiger partial charge in [0.2, 0.25) is 0 Å². The molecule has 0 aliphatic carbocycles. The van der Waals surface area contributed by atoms with Gasteiger partial charge < -0.3 is 10.4 Å². The summed E-state index contributed by atoms with van der Waals surface area (Å²) in [4.78, 5) is 16.5. The van der Waals surface area contributed by atoms with Crippen molar-refractivity contribution in [1.82, 2.24) is 19.8 Å². The van der Waals surface area contributed by atoms with Crippen molar-refractivity contribution in [1.29, 1.82) is 0 Å². The molecule has 1 fully saturated rings. The van der Waals surface area contributed by atoms with Crippen LogP contribution in [-0.4, -0.2) is 51.2 Å². The molecular weight excluding hydrogens is 246 g/mol. The minimum atomic E-state index is -2.66. The first-order valence-corrected chi connectivity index (χ1v) is 5.57. The molecule has 0 aromatic carbocycles. The Balaban J connectivity index is 2.11. The molecule has 0 spiro atoms. The zero-order valence-corrected chi connectivity index (χ0v) is 9.59. The molecule has 2 heterocycles. The SMILES string of the molecule is O=C(O)C1CNCCN1Cc1nccn1C(F)F. The maximum absolute atomic E-state index is 12.6. The first-order valence-electron chi connectivity index (χ1n) is 5.57. The van der Waals surface area contributed by atoms with Crippen LogP contribution < -0.4 is 5.32 Å². The number of hydrogen-bond acceptors (Lipinski definition) is 4. The first kappa shape index (κ1) is 12.9. The van der Waals surface area contributed by atoms with Crippen LogP contribution in [0.3, 0.4) is 0 Å². The molecule has 1 aliphatic heterocycles. The van der Waals surface area contributed by atoms with Crippen LogP contribution in [0.2, 0.25) is 0 Å². The molecule has 0 saturated carbocycles. The van der Waals surface area contributed by atoms with Crippen molar-refractivity contribution in [2.75, 3.05) is 19.6 Å². The molecule has 0 bridgehead atoms. The van der Waals surface area contributed by atoms with E-state index >= 15 is 0 Å². The molecule has 0 amide bonds.